The number of benzene rings is 1. The average Bonchev–Trinajstić information content (AvgIpc) is 2.62. The van der Waals surface area contributed by atoms with Crippen LogP contribution in [-0.4, -0.2) is 75.2 Å². The van der Waals surface area contributed by atoms with Gasteiger partial charge in [-0.2, -0.15) is 0 Å². The van der Waals surface area contributed by atoms with E-state index in [0.717, 1.165) is 0 Å². The maximum absolute atomic E-state index is 12.2. The van der Waals surface area contributed by atoms with Crippen molar-refractivity contribution in [3.8, 4) is 5.75 Å². The Morgan fingerprint density at radius 1 is 1.35 bits per heavy atom. The number of carbonyl (C=O) groups excluding carboxylic acids is 2. The zero-order valence-electron chi connectivity index (χ0n) is 14.8. The zero-order valence-corrected chi connectivity index (χ0v) is 14.8. The first-order valence-electron chi connectivity index (χ1n) is 8.20. The van der Waals surface area contributed by atoms with Crippen molar-refractivity contribution in [2.75, 3.05) is 58.9 Å². The van der Waals surface area contributed by atoms with Gasteiger partial charge in [0.15, 0.2) is 13.1 Å². The second-order valence-electron chi connectivity index (χ2n) is 5.99. The van der Waals surface area contributed by atoms with E-state index in [1.54, 1.807) is 11.9 Å². The molecule has 1 aliphatic rings. The second kappa shape index (κ2) is 9.11. The number of morpholine rings is 1. The third kappa shape index (κ3) is 5.39. The summed E-state index contributed by atoms with van der Waals surface area (Å²) in [6.45, 7) is 2.39. The summed E-state index contributed by atoms with van der Waals surface area (Å²) in [5, 5.41) is 13.5. The number of nitrogens with one attached hydrogen (secondary N) is 2. The van der Waals surface area contributed by atoms with Crippen LogP contribution in [0.4, 0.5) is 11.4 Å². The van der Waals surface area contributed by atoms with Crippen LogP contribution in [0.3, 0.4) is 0 Å². The molecule has 10 nitrogen and oxygen atoms in total. The van der Waals surface area contributed by atoms with E-state index < -0.39 is 4.92 Å². The molecule has 26 heavy (non-hydrogen) atoms. The van der Waals surface area contributed by atoms with Crippen LogP contribution in [0, 0.1) is 10.1 Å². The number of likely N-dealkylation sites (N-methyl/N-ethyl adjacent to an activating group) is 1. The van der Waals surface area contributed by atoms with Crippen molar-refractivity contribution in [2.45, 2.75) is 0 Å². The van der Waals surface area contributed by atoms with Gasteiger partial charge in [-0.1, -0.05) is 0 Å². The van der Waals surface area contributed by atoms with Crippen molar-refractivity contribution < 1.29 is 28.9 Å². The van der Waals surface area contributed by atoms with Gasteiger partial charge in [-0.05, 0) is 6.07 Å². The SMILES string of the molecule is COc1ccc([N+](=O)[O-])cc1NC(=O)C[NH+](C)CC(=O)N1CCOCC1. The molecule has 1 aromatic rings. The number of methoxy groups -OCH3 is 1. The molecule has 142 valence electrons. The van der Waals surface area contributed by atoms with Crippen LogP contribution in [0.1, 0.15) is 0 Å². The summed E-state index contributed by atoms with van der Waals surface area (Å²) in [6.07, 6.45) is 0. The van der Waals surface area contributed by atoms with Crippen molar-refractivity contribution >= 4 is 23.2 Å². The van der Waals surface area contributed by atoms with Gasteiger partial charge in [0.2, 0.25) is 0 Å². The Bertz CT molecular complexity index is 675. The molecule has 0 bridgehead atoms. The van der Waals surface area contributed by atoms with Gasteiger partial charge in [-0.15, -0.1) is 0 Å². The summed E-state index contributed by atoms with van der Waals surface area (Å²) in [6, 6.07) is 3.96. The molecule has 1 unspecified atom stereocenters. The fraction of sp³-hybridized carbons (Fsp3) is 0.500. The van der Waals surface area contributed by atoms with Gasteiger partial charge in [0, 0.05) is 25.2 Å². The van der Waals surface area contributed by atoms with E-state index in [0.29, 0.717) is 37.0 Å². The summed E-state index contributed by atoms with van der Waals surface area (Å²) >= 11 is 0. The van der Waals surface area contributed by atoms with Gasteiger partial charge >= 0.3 is 0 Å². The standard InChI is InChI=1S/C16H22N4O6/c1-18(11-16(22)19-5-7-26-8-6-19)10-15(21)17-13-9-12(20(23)24)3-4-14(13)25-2/h3-4,9H,5-8,10-11H2,1-2H3,(H,17,21)/p+1. The van der Waals surface area contributed by atoms with E-state index in [1.807, 2.05) is 0 Å². The molecule has 1 fully saturated rings. The van der Waals surface area contributed by atoms with E-state index in [9.17, 15) is 19.7 Å². The molecule has 0 aromatic heterocycles. The third-order valence-electron chi connectivity index (χ3n) is 3.95. The van der Waals surface area contributed by atoms with Gasteiger partial charge in [0.05, 0.1) is 38.0 Å². The maximum Gasteiger partial charge on any atom is 0.279 e. The van der Waals surface area contributed by atoms with E-state index in [1.165, 1.54) is 25.3 Å². The molecule has 2 rings (SSSR count). The lowest BCUT2D eigenvalue weighted by Gasteiger charge is -2.27. The number of quaternary nitrogens is 1. The summed E-state index contributed by atoms with van der Waals surface area (Å²) in [7, 11) is 3.15. The largest absolute Gasteiger partial charge is 0.495 e. The predicted molar refractivity (Wildman–Crippen MR) is 92.3 cm³/mol. The van der Waals surface area contributed by atoms with E-state index >= 15 is 0 Å². The van der Waals surface area contributed by atoms with Gasteiger partial charge in [-0.3, -0.25) is 19.7 Å². The molecule has 1 heterocycles. The number of nitro groups is 1. The van der Waals surface area contributed by atoms with Crippen LogP contribution in [0.15, 0.2) is 18.2 Å². The Morgan fingerprint density at radius 2 is 2.04 bits per heavy atom. The van der Waals surface area contributed by atoms with Crippen LogP contribution in [-0.2, 0) is 14.3 Å². The Kier molecular flexibility index (Phi) is 6.87. The zero-order chi connectivity index (χ0) is 19.1. The Balaban J connectivity index is 1.92. The highest BCUT2D eigenvalue weighted by molar-refractivity contribution is 5.93. The first-order valence-corrected chi connectivity index (χ1v) is 8.20. The van der Waals surface area contributed by atoms with Gasteiger partial charge < -0.3 is 24.6 Å². The number of carbonyl (C=O) groups is 2. The van der Waals surface area contributed by atoms with Crippen LogP contribution >= 0.6 is 0 Å². The van der Waals surface area contributed by atoms with Crippen LogP contribution in [0.5, 0.6) is 5.75 Å². The summed E-state index contributed by atoms with van der Waals surface area (Å²) < 4.78 is 10.3. The number of amides is 2. The molecule has 0 radical (unpaired) electrons. The summed E-state index contributed by atoms with van der Waals surface area (Å²) in [5.74, 6) is -0.0754. The van der Waals surface area contributed by atoms with Gasteiger partial charge in [0.25, 0.3) is 17.5 Å². The molecule has 1 atom stereocenters. The van der Waals surface area contributed by atoms with Crippen molar-refractivity contribution in [3.63, 3.8) is 0 Å². The number of non-ortho nitro benzene ring substituents is 1. The number of nitrogens with zero attached hydrogens (tertiary/aromatic N) is 2. The Labute approximate surface area is 150 Å². The van der Waals surface area contributed by atoms with Crippen molar-refractivity contribution in [3.05, 3.63) is 28.3 Å². The molecule has 1 aliphatic heterocycles. The highest BCUT2D eigenvalue weighted by Gasteiger charge is 2.22. The number of hydrogen-bond acceptors (Lipinski definition) is 6. The fourth-order valence-electron chi connectivity index (χ4n) is 2.62. The molecule has 2 N–H and O–H groups in total. The Morgan fingerprint density at radius 3 is 2.65 bits per heavy atom. The van der Waals surface area contributed by atoms with E-state index in [2.05, 4.69) is 5.32 Å². The van der Waals surface area contributed by atoms with Gasteiger partial charge in [-0.25, -0.2) is 0 Å². The smallest absolute Gasteiger partial charge is 0.279 e. The number of ether oxygens (including phenoxy) is 2. The third-order valence-corrected chi connectivity index (χ3v) is 3.95. The molecule has 1 aromatic carbocycles. The molecule has 0 aliphatic carbocycles. The molecule has 0 spiro atoms. The van der Waals surface area contributed by atoms with Gasteiger partial charge in [0.1, 0.15) is 5.75 Å². The number of nitro benzene ring substituents is 1. The fourth-order valence-corrected chi connectivity index (χ4v) is 2.62. The number of hydrogen-bond donors (Lipinski definition) is 2. The minimum Gasteiger partial charge on any atom is -0.495 e. The topological polar surface area (TPSA) is 115 Å². The van der Waals surface area contributed by atoms with Crippen LogP contribution < -0.4 is 15.0 Å². The summed E-state index contributed by atoms with van der Waals surface area (Å²) in [4.78, 5) is 37.2. The summed E-state index contributed by atoms with van der Waals surface area (Å²) in [5.41, 5.74) is 0.0725. The molecule has 1 saturated heterocycles. The molecule has 2 amide bonds. The van der Waals surface area contributed by atoms with Crippen molar-refractivity contribution in [1.29, 1.82) is 0 Å². The molecular weight excluding hydrogens is 344 g/mol. The maximum atomic E-state index is 12.2. The normalized spacial score (nSPS) is 15.2. The van der Waals surface area contributed by atoms with E-state index in [4.69, 9.17) is 9.47 Å². The van der Waals surface area contributed by atoms with Crippen molar-refractivity contribution in [1.82, 2.24) is 4.90 Å². The quantitative estimate of drug-likeness (QED) is 0.468. The van der Waals surface area contributed by atoms with E-state index in [-0.39, 0.29) is 36.3 Å². The second-order valence-corrected chi connectivity index (χ2v) is 5.99. The minimum atomic E-state index is -0.548. The average molecular weight is 367 g/mol. The lowest BCUT2D eigenvalue weighted by molar-refractivity contribution is -0.862. The number of anilines is 1. The predicted octanol–water partition coefficient (Wildman–Crippen LogP) is -1.08. The Hall–Kier alpha value is -2.72. The highest BCUT2D eigenvalue weighted by atomic mass is 16.6. The molecule has 10 heteroatoms. The molecule has 0 saturated carbocycles. The van der Waals surface area contributed by atoms with Crippen LogP contribution in [0.2, 0.25) is 0 Å². The highest BCUT2D eigenvalue weighted by Crippen LogP contribution is 2.28. The first-order chi connectivity index (χ1) is 12.4. The molecular formula is C16H23N4O6+. The first kappa shape index (κ1) is 19.6. The monoisotopic (exact) mass is 367 g/mol. The number of rotatable bonds is 7. The minimum absolute atomic E-state index is 0.0356. The van der Waals surface area contributed by atoms with Crippen LogP contribution in [0.25, 0.3) is 0 Å². The lowest BCUT2D eigenvalue weighted by Crippen LogP contribution is -3.11. The lowest BCUT2D eigenvalue weighted by atomic mass is 10.2. The van der Waals surface area contributed by atoms with Crippen molar-refractivity contribution in [2.24, 2.45) is 0 Å².